The van der Waals surface area contributed by atoms with Crippen molar-refractivity contribution in [1.82, 2.24) is 10.6 Å². The molecule has 170 valence electrons. The summed E-state index contributed by atoms with van der Waals surface area (Å²) in [5.41, 5.74) is 2.46. The number of hydrogen-bond donors (Lipinski definition) is 2. The first-order chi connectivity index (χ1) is 14.7. The summed E-state index contributed by atoms with van der Waals surface area (Å²) in [5.74, 6) is 3.27. The van der Waals surface area contributed by atoms with Crippen LogP contribution in [-0.2, 0) is 6.42 Å². The summed E-state index contributed by atoms with van der Waals surface area (Å²) in [7, 11) is 3.42. The molecule has 0 saturated carbocycles. The van der Waals surface area contributed by atoms with Crippen LogP contribution in [0.1, 0.15) is 18.9 Å². The molecule has 2 aromatic carbocycles. The van der Waals surface area contributed by atoms with Crippen LogP contribution in [0.15, 0.2) is 53.5 Å². The number of ether oxygens (including phenoxy) is 2. The first kappa shape index (κ1) is 25.1. The van der Waals surface area contributed by atoms with E-state index in [1.54, 1.807) is 14.2 Å². The van der Waals surface area contributed by atoms with Crippen LogP contribution in [0.5, 0.6) is 11.5 Å². The number of nitrogens with one attached hydrogen (secondary N) is 2. The third-order valence-electron chi connectivity index (χ3n) is 5.43. The van der Waals surface area contributed by atoms with E-state index < -0.39 is 0 Å². The van der Waals surface area contributed by atoms with Crippen LogP contribution in [-0.4, -0.2) is 52.9 Å². The number of aliphatic imine (C=N–C) groups is 1. The second-order valence-corrected chi connectivity index (χ2v) is 7.52. The predicted octanol–water partition coefficient (Wildman–Crippen LogP) is 3.95. The highest BCUT2D eigenvalue weighted by atomic mass is 127. The van der Waals surface area contributed by atoms with Crippen molar-refractivity contribution >= 4 is 35.6 Å². The molecule has 0 aromatic heterocycles. The molecule has 0 radical (unpaired) electrons. The summed E-state index contributed by atoms with van der Waals surface area (Å²) in [6, 6.07) is 16.5. The van der Waals surface area contributed by atoms with Gasteiger partial charge in [-0.3, -0.25) is 4.99 Å². The first-order valence-corrected chi connectivity index (χ1v) is 10.8. The minimum Gasteiger partial charge on any atom is -0.497 e. The zero-order valence-corrected chi connectivity index (χ0v) is 21.1. The van der Waals surface area contributed by atoms with Crippen LogP contribution in [0.4, 0.5) is 5.69 Å². The van der Waals surface area contributed by atoms with E-state index in [9.17, 15) is 0 Å². The van der Waals surface area contributed by atoms with Gasteiger partial charge >= 0.3 is 0 Å². The molecule has 1 saturated heterocycles. The molecule has 2 aromatic rings. The molecule has 2 N–H and O–H groups in total. The van der Waals surface area contributed by atoms with E-state index in [2.05, 4.69) is 46.7 Å². The topological polar surface area (TPSA) is 58.1 Å². The normalized spacial score (nSPS) is 15.9. The van der Waals surface area contributed by atoms with Gasteiger partial charge in [0.15, 0.2) is 5.96 Å². The van der Waals surface area contributed by atoms with Gasteiger partial charge in [0.25, 0.3) is 0 Å². The van der Waals surface area contributed by atoms with Gasteiger partial charge in [-0.25, -0.2) is 0 Å². The Morgan fingerprint density at radius 2 is 1.84 bits per heavy atom. The molecule has 1 atom stereocenters. The number of guanidine groups is 1. The molecular weight excluding hydrogens is 503 g/mol. The maximum atomic E-state index is 5.52. The van der Waals surface area contributed by atoms with Crippen LogP contribution >= 0.6 is 24.0 Å². The van der Waals surface area contributed by atoms with Gasteiger partial charge in [-0.1, -0.05) is 24.3 Å². The van der Waals surface area contributed by atoms with Crippen molar-refractivity contribution in [1.29, 1.82) is 0 Å². The summed E-state index contributed by atoms with van der Waals surface area (Å²) in [6.07, 6.45) is 2.09. The van der Waals surface area contributed by atoms with Crippen molar-refractivity contribution in [3.8, 4) is 11.5 Å². The molecule has 0 bridgehead atoms. The summed E-state index contributed by atoms with van der Waals surface area (Å²) in [6.45, 7) is 6.67. The summed E-state index contributed by atoms with van der Waals surface area (Å²) in [4.78, 5) is 7.25. The van der Waals surface area contributed by atoms with Crippen molar-refractivity contribution in [2.75, 3.05) is 51.8 Å². The van der Waals surface area contributed by atoms with Crippen LogP contribution in [0.2, 0.25) is 0 Å². The predicted molar refractivity (Wildman–Crippen MR) is 139 cm³/mol. The highest BCUT2D eigenvalue weighted by Gasteiger charge is 2.24. The monoisotopic (exact) mass is 538 g/mol. The molecule has 0 aliphatic carbocycles. The number of methoxy groups -OCH3 is 2. The fourth-order valence-corrected chi connectivity index (χ4v) is 3.77. The Kier molecular flexibility index (Phi) is 10.8. The quantitative estimate of drug-likeness (QED) is 0.288. The van der Waals surface area contributed by atoms with Crippen molar-refractivity contribution in [2.45, 2.75) is 19.8 Å². The van der Waals surface area contributed by atoms with Gasteiger partial charge in [0.05, 0.1) is 19.9 Å². The third kappa shape index (κ3) is 7.48. The lowest BCUT2D eigenvalue weighted by Gasteiger charge is -2.21. The van der Waals surface area contributed by atoms with Crippen molar-refractivity contribution < 1.29 is 9.47 Å². The number of rotatable bonds is 9. The second-order valence-electron chi connectivity index (χ2n) is 7.52. The summed E-state index contributed by atoms with van der Waals surface area (Å²) in [5, 5.41) is 6.81. The van der Waals surface area contributed by atoms with Crippen LogP contribution in [0, 0.1) is 5.92 Å². The number of halogens is 1. The number of nitrogens with zero attached hydrogens (tertiary/aromatic N) is 2. The Labute approximate surface area is 203 Å². The molecular formula is C24H35IN4O2. The van der Waals surface area contributed by atoms with Gasteiger partial charge in [0, 0.05) is 32.7 Å². The maximum absolute atomic E-state index is 5.52. The van der Waals surface area contributed by atoms with Crippen LogP contribution in [0.25, 0.3) is 0 Å². The van der Waals surface area contributed by atoms with Gasteiger partial charge < -0.3 is 25.0 Å². The van der Waals surface area contributed by atoms with Gasteiger partial charge in [0.2, 0.25) is 0 Å². The molecule has 7 heteroatoms. The summed E-state index contributed by atoms with van der Waals surface area (Å²) < 4.78 is 10.7. The van der Waals surface area contributed by atoms with E-state index in [-0.39, 0.29) is 24.0 Å². The average molecular weight is 538 g/mol. The summed E-state index contributed by atoms with van der Waals surface area (Å²) >= 11 is 0. The first-order valence-electron chi connectivity index (χ1n) is 10.8. The molecule has 0 spiro atoms. The molecule has 1 aliphatic heterocycles. The maximum Gasteiger partial charge on any atom is 0.191 e. The highest BCUT2D eigenvalue weighted by molar-refractivity contribution is 14.0. The number of anilines is 1. The zero-order valence-electron chi connectivity index (χ0n) is 18.8. The Morgan fingerprint density at radius 1 is 1.06 bits per heavy atom. The van der Waals surface area contributed by atoms with Crippen molar-refractivity contribution in [2.24, 2.45) is 10.9 Å². The zero-order chi connectivity index (χ0) is 21.2. The fraction of sp³-hybridized carbons (Fsp3) is 0.458. The van der Waals surface area contributed by atoms with Crippen LogP contribution < -0.4 is 25.0 Å². The third-order valence-corrected chi connectivity index (χ3v) is 5.43. The van der Waals surface area contributed by atoms with Gasteiger partial charge in [-0.15, -0.1) is 24.0 Å². The molecule has 1 unspecified atom stereocenters. The van der Waals surface area contributed by atoms with Crippen LogP contribution in [0.3, 0.4) is 0 Å². The highest BCUT2D eigenvalue weighted by Crippen LogP contribution is 2.31. The SMILES string of the molecule is CCNC(=NCC1CCN(c2ccccc2OC)C1)NCCc1ccc(OC)cc1.I. The lowest BCUT2D eigenvalue weighted by Crippen LogP contribution is -2.38. The lowest BCUT2D eigenvalue weighted by atomic mass is 10.1. The van der Waals surface area contributed by atoms with Crippen molar-refractivity contribution in [3.63, 3.8) is 0 Å². The smallest absolute Gasteiger partial charge is 0.191 e. The average Bonchev–Trinajstić information content (AvgIpc) is 3.26. The van der Waals surface area contributed by atoms with E-state index >= 15 is 0 Å². The van der Waals surface area contributed by atoms with Crippen molar-refractivity contribution in [3.05, 3.63) is 54.1 Å². The molecule has 31 heavy (non-hydrogen) atoms. The van der Waals surface area contributed by atoms with E-state index in [1.165, 1.54) is 11.3 Å². The number of benzene rings is 2. The van der Waals surface area contributed by atoms with Gasteiger partial charge in [0.1, 0.15) is 11.5 Å². The molecule has 1 fully saturated rings. The molecule has 1 heterocycles. The minimum absolute atomic E-state index is 0. The van der Waals surface area contributed by atoms with E-state index in [0.29, 0.717) is 5.92 Å². The second kappa shape index (κ2) is 13.3. The number of hydrogen-bond acceptors (Lipinski definition) is 4. The van der Waals surface area contributed by atoms with E-state index in [4.69, 9.17) is 14.5 Å². The van der Waals surface area contributed by atoms with Gasteiger partial charge in [-0.05, 0) is 55.5 Å². The Balaban J connectivity index is 0.00000341. The lowest BCUT2D eigenvalue weighted by molar-refractivity contribution is 0.414. The minimum atomic E-state index is 0. The van der Waals surface area contributed by atoms with Gasteiger partial charge in [-0.2, -0.15) is 0 Å². The molecule has 1 aliphatic rings. The number of para-hydroxylation sites is 2. The standard InChI is InChI=1S/C24H34N4O2.HI/c1-4-25-24(26-15-13-19-9-11-21(29-2)12-10-19)27-17-20-14-16-28(18-20)22-7-5-6-8-23(22)30-3;/h5-12,20H,4,13-18H2,1-3H3,(H2,25,26,27);1H. The fourth-order valence-electron chi connectivity index (χ4n) is 3.77. The Bertz CT molecular complexity index is 813. The largest absolute Gasteiger partial charge is 0.497 e. The molecule has 0 amide bonds. The molecule has 6 nitrogen and oxygen atoms in total. The Morgan fingerprint density at radius 3 is 2.55 bits per heavy atom. The molecule has 3 rings (SSSR count). The Hall–Kier alpha value is -2.16. The van der Waals surface area contributed by atoms with E-state index in [1.807, 2.05) is 24.3 Å². The van der Waals surface area contributed by atoms with E-state index in [0.717, 1.165) is 63.0 Å².